The zero-order chi connectivity index (χ0) is 9.97. The van der Waals surface area contributed by atoms with Gasteiger partial charge in [0, 0.05) is 12.8 Å². The van der Waals surface area contributed by atoms with Gasteiger partial charge in [0.1, 0.15) is 5.82 Å². The molecule has 0 bridgehead atoms. The third-order valence-electron chi connectivity index (χ3n) is 2.44. The molecule has 1 aromatic carbocycles. The van der Waals surface area contributed by atoms with Crippen molar-refractivity contribution in [3.05, 3.63) is 41.2 Å². The van der Waals surface area contributed by atoms with Crippen molar-refractivity contribution in [3.8, 4) is 0 Å². The van der Waals surface area contributed by atoms with Crippen LogP contribution in [0.5, 0.6) is 0 Å². The first-order chi connectivity index (χ1) is 6.77. The number of hydrogen-bond donors (Lipinski definition) is 0. The lowest BCUT2D eigenvalue weighted by Crippen LogP contribution is -1.99. The Morgan fingerprint density at radius 2 is 1.93 bits per heavy atom. The van der Waals surface area contributed by atoms with Crippen LogP contribution in [0.25, 0.3) is 5.57 Å². The molecule has 0 aliphatic carbocycles. The third kappa shape index (κ3) is 1.74. The summed E-state index contributed by atoms with van der Waals surface area (Å²) in [6, 6.07) is 6.66. The summed E-state index contributed by atoms with van der Waals surface area (Å²) in [5.74, 6) is -0.184. The molecule has 0 radical (unpaired) electrons. The first-order valence-electron chi connectivity index (χ1n) is 4.73. The molecule has 0 unspecified atom stereocenters. The minimum atomic E-state index is -0.184. The number of benzene rings is 1. The summed E-state index contributed by atoms with van der Waals surface area (Å²) >= 11 is 0. The van der Waals surface area contributed by atoms with Crippen LogP contribution in [0.3, 0.4) is 0 Å². The largest absolute Gasteiger partial charge is 0.293 e. The van der Waals surface area contributed by atoms with Gasteiger partial charge in [0.15, 0.2) is 0 Å². The zero-order valence-electron chi connectivity index (χ0n) is 8.13. The van der Waals surface area contributed by atoms with Crippen molar-refractivity contribution >= 4 is 11.8 Å². The van der Waals surface area contributed by atoms with Crippen LogP contribution in [0.2, 0.25) is 0 Å². The van der Waals surface area contributed by atoms with Gasteiger partial charge in [-0.25, -0.2) is 4.39 Å². The van der Waals surface area contributed by atoms with E-state index in [1.54, 1.807) is 0 Å². The van der Waals surface area contributed by atoms with Crippen molar-refractivity contribution in [1.82, 2.24) is 0 Å². The van der Waals surface area contributed by atoms with Gasteiger partial charge in [-0.05, 0) is 42.2 Å². The highest BCUT2D eigenvalue weighted by molar-refractivity contribution is 5.91. The van der Waals surface area contributed by atoms with Gasteiger partial charge in [0.05, 0.1) is 0 Å². The fourth-order valence-corrected chi connectivity index (χ4v) is 1.68. The molecule has 0 saturated heterocycles. The number of nitrogens with zero attached hydrogens (tertiary/aromatic N) is 1. The van der Waals surface area contributed by atoms with E-state index in [-0.39, 0.29) is 5.82 Å². The number of rotatable bonds is 1. The summed E-state index contributed by atoms with van der Waals surface area (Å²) in [6.45, 7) is 2.88. The van der Waals surface area contributed by atoms with Crippen LogP contribution >= 0.6 is 0 Å². The molecule has 0 atom stereocenters. The van der Waals surface area contributed by atoms with Gasteiger partial charge in [-0.2, -0.15) is 0 Å². The smallest absolute Gasteiger partial charge is 0.123 e. The SMILES string of the molecule is CC1=C(c2ccc(F)cc2)CCN=C1. The van der Waals surface area contributed by atoms with E-state index in [4.69, 9.17) is 0 Å². The lowest BCUT2D eigenvalue weighted by atomic mass is 9.97. The molecule has 2 rings (SSSR count). The Hall–Kier alpha value is -1.44. The average molecular weight is 189 g/mol. The fraction of sp³-hybridized carbons (Fsp3) is 0.250. The quantitative estimate of drug-likeness (QED) is 0.643. The molecule has 0 spiro atoms. The van der Waals surface area contributed by atoms with E-state index >= 15 is 0 Å². The molecule has 0 fully saturated rings. The van der Waals surface area contributed by atoms with Gasteiger partial charge in [-0.1, -0.05) is 12.1 Å². The summed E-state index contributed by atoms with van der Waals surface area (Å²) in [5.41, 5.74) is 3.57. The maximum atomic E-state index is 12.7. The van der Waals surface area contributed by atoms with Gasteiger partial charge >= 0.3 is 0 Å². The zero-order valence-corrected chi connectivity index (χ0v) is 8.13. The van der Waals surface area contributed by atoms with Crippen molar-refractivity contribution in [3.63, 3.8) is 0 Å². The predicted octanol–water partition coefficient (Wildman–Crippen LogP) is 3.07. The van der Waals surface area contributed by atoms with Crippen LogP contribution in [-0.2, 0) is 0 Å². The van der Waals surface area contributed by atoms with Crippen molar-refractivity contribution in [2.75, 3.05) is 6.54 Å². The molecule has 1 aromatic rings. The molecular formula is C12H12FN. The molecule has 1 nitrogen and oxygen atoms in total. The van der Waals surface area contributed by atoms with Crippen LogP contribution in [-0.4, -0.2) is 12.8 Å². The Morgan fingerprint density at radius 1 is 1.21 bits per heavy atom. The maximum Gasteiger partial charge on any atom is 0.123 e. The highest BCUT2D eigenvalue weighted by Crippen LogP contribution is 2.24. The van der Waals surface area contributed by atoms with Gasteiger partial charge < -0.3 is 0 Å². The van der Waals surface area contributed by atoms with Gasteiger partial charge in [0.2, 0.25) is 0 Å². The molecule has 1 aliphatic heterocycles. The van der Waals surface area contributed by atoms with Gasteiger partial charge in [-0.15, -0.1) is 0 Å². The molecule has 0 N–H and O–H groups in total. The van der Waals surface area contributed by atoms with Crippen molar-refractivity contribution in [2.45, 2.75) is 13.3 Å². The van der Waals surface area contributed by atoms with Crippen LogP contribution in [0, 0.1) is 5.82 Å². The van der Waals surface area contributed by atoms with E-state index < -0.39 is 0 Å². The first kappa shape index (κ1) is 9.13. The Bertz CT molecular complexity index is 387. The van der Waals surface area contributed by atoms with Crippen molar-refractivity contribution in [2.24, 2.45) is 4.99 Å². The second kappa shape index (κ2) is 3.74. The Morgan fingerprint density at radius 3 is 2.57 bits per heavy atom. The minimum absolute atomic E-state index is 0.184. The van der Waals surface area contributed by atoms with Crippen LogP contribution in [0.4, 0.5) is 4.39 Å². The molecule has 14 heavy (non-hydrogen) atoms. The summed E-state index contributed by atoms with van der Waals surface area (Å²) in [7, 11) is 0. The number of allylic oxidation sites excluding steroid dienone is 1. The fourth-order valence-electron chi connectivity index (χ4n) is 1.68. The molecule has 72 valence electrons. The monoisotopic (exact) mass is 189 g/mol. The summed E-state index contributed by atoms with van der Waals surface area (Å²) < 4.78 is 12.7. The van der Waals surface area contributed by atoms with Crippen molar-refractivity contribution in [1.29, 1.82) is 0 Å². The molecule has 0 aromatic heterocycles. The standard InChI is InChI=1S/C12H12FN/c1-9-8-14-7-6-12(9)10-2-4-11(13)5-3-10/h2-5,8H,6-7H2,1H3. The van der Waals surface area contributed by atoms with Crippen LogP contribution in [0.15, 0.2) is 34.8 Å². The molecule has 1 heterocycles. The van der Waals surface area contributed by atoms with Crippen molar-refractivity contribution < 1.29 is 4.39 Å². The number of dihydropyridines is 1. The molecular weight excluding hydrogens is 177 g/mol. The second-order valence-corrected chi connectivity index (χ2v) is 3.45. The van der Waals surface area contributed by atoms with E-state index in [1.807, 2.05) is 25.3 Å². The normalized spacial score (nSPS) is 16.1. The Kier molecular flexibility index (Phi) is 2.44. The van der Waals surface area contributed by atoms with E-state index in [9.17, 15) is 4.39 Å². The third-order valence-corrected chi connectivity index (χ3v) is 2.44. The summed E-state index contributed by atoms with van der Waals surface area (Å²) in [6.07, 6.45) is 2.84. The lowest BCUT2D eigenvalue weighted by Gasteiger charge is -2.12. The summed E-state index contributed by atoms with van der Waals surface area (Å²) in [5, 5.41) is 0. The maximum absolute atomic E-state index is 12.7. The number of halogens is 1. The summed E-state index contributed by atoms with van der Waals surface area (Å²) in [4.78, 5) is 4.19. The Balaban J connectivity index is 2.39. The number of aliphatic imine (C=N–C) groups is 1. The molecule has 2 heteroatoms. The highest BCUT2D eigenvalue weighted by atomic mass is 19.1. The topological polar surface area (TPSA) is 12.4 Å². The first-order valence-corrected chi connectivity index (χ1v) is 4.73. The predicted molar refractivity (Wildman–Crippen MR) is 57.0 cm³/mol. The van der Waals surface area contributed by atoms with Gasteiger partial charge in [-0.3, -0.25) is 4.99 Å². The van der Waals surface area contributed by atoms with E-state index in [0.29, 0.717) is 0 Å². The molecule has 0 saturated carbocycles. The van der Waals surface area contributed by atoms with E-state index in [0.717, 1.165) is 18.5 Å². The van der Waals surface area contributed by atoms with Crippen LogP contribution < -0.4 is 0 Å². The number of hydrogen-bond acceptors (Lipinski definition) is 1. The second-order valence-electron chi connectivity index (χ2n) is 3.45. The average Bonchev–Trinajstić information content (AvgIpc) is 2.20. The Labute approximate surface area is 83.0 Å². The van der Waals surface area contributed by atoms with Gasteiger partial charge in [0.25, 0.3) is 0 Å². The molecule has 0 amide bonds. The minimum Gasteiger partial charge on any atom is -0.293 e. The lowest BCUT2D eigenvalue weighted by molar-refractivity contribution is 0.627. The van der Waals surface area contributed by atoms with E-state index in [1.165, 1.54) is 23.3 Å². The molecule has 1 aliphatic rings. The highest BCUT2D eigenvalue weighted by Gasteiger charge is 2.07. The van der Waals surface area contributed by atoms with Crippen LogP contribution in [0.1, 0.15) is 18.9 Å². The van der Waals surface area contributed by atoms with E-state index in [2.05, 4.69) is 4.99 Å².